The highest BCUT2D eigenvalue weighted by molar-refractivity contribution is 5.85. The fourth-order valence-corrected chi connectivity index (χ4v) is 3.36. The summed E-state index contributed by atoms with van der Waals surface area (Å²) in [5.74, 6) is 0.865. The number of carbonyl (C=O) groups is 1. The van der Waals surface area contributed by atoms with Crippen molar-refractivity contribution in [3.05, 3.63) is 0 Å². The molecule has 7 heteroatoms. The summed E-state index contributed by atoms with van der Waals surface area (Å²) in [5, 5.41) is 12.7. The molecule has 0 aliphatic carbocycles. The van der Waals surface area contributed by atoms with Gasteiger partial charge in [0.25, 0.3) is 0 Å². The molecule has 1 amide bonds. The molecule has 2 heterocycles. The van der Waals surface area contributed by atoms with Crippen LogP contribution in [-0.4, -0.2) is 72.7 Å². The predicted octanol–water partition coefficient (Wildman–Crippen LogP) is 1.13. The van der Waals surface area contributed by atoms with Gasteiger partial charge in [0.05, 0.1) is 12.1 Å². The number of aliphatic hydroxyl groups excluding tert-OH is 1. The van der Waals surface area contributed by atoms with Gasteiger partial charge < -0.3 is 20.2 Å². The van der Waals surface area contributed by atoms with Gasteiger partial charge in [-0.25, -0.2) is 0 Å². The normalized spacial score (nSPS) is 24.2. The SMILES string of the molecule is CC(O)CN1CCC(CN(C)C(=O)C2CCCN2)CC1.Cl.Cl. The van der Waals surface area contributed by atoms with Crippen LogP contribution in [0.15, 0.2) is 0 Å². The van der Waals surface area contributed by atoms with Gasteiger partial charge in [-0.15, -0.1) is 24.8 Å². The first-order chi connectivity index (χ1) is 9.56. The molecular formula is C15H31Cl2N3O2. The van der Waals surface area contributed by atoms with E-state index in [0.29, 0.717) is 5.92 Å². The van der Waals surface area contributed by atoms with E-state index in [-0.39, 0.29) is 42.9 Å². The average Bonchev–Trinajstić information content (AvgIpc) is 2.93. The molecule has 0 radical (unpaired) electrons. The second-order valence-electron chi connectivity index (χ2n) is 6.46. The molecule has 2 unspecified atom stereocenters. The standard InChI is InChI=1S/C15H29N3O2.2ClH/c1-12(19)10-18-8-5-13(6-9-18)11-17(2)15(20)14-4-3-7-16-14;;/h12-14,16,19H,3-11H2,1-2H3;2*1H. The van der Waals surface area contributed by atoms with E-state index in [1.54, 1.807) is 0 Å². The fourth-order valence-electron chi connectivity index (χ4n) is 3.36. The number of hydrogen-bond acceptors (Lipinski definition) is 4. The van der Waals surface area contributed by atoms with Gasteiger partial charge in [-0.3, -0.25) is 4.79 Å². The summed E-state index contributed by atoms with van der Waals surface area (Å²) in [6.07, 6.45) is 4.10. The van der Waals surface area contributed by atoms with Crippen LogP contribution in [0.5, 0.6) is 0 Å². The van der Waals surface area contributed by atoms with E-state index >= 15 is 0 Å². The molecular weight excluding hydrogens is 325 g/mol. The van der Waals surface area contributed by atoms with E-state index in [4.69, 9.17) is 0 Å². The Labute approximate surface area is 146 Å². The molecule has 2 rings (SSSR count). The maximum Gasteiger partial charge on any atom is 0.239 e. The van der Waals surface area contributed by atoms with Crippen LogP contribution in [0.25, 0.3) is 0 Å². The van der Waals surface area contributed by atoms with Gasteiger partial charge in [0.15, 0.2) is 0 Å². The van der Waals surface area contributed by atoms with Gasteiger partial charge in [-0.2, -0.15) is 0 Å². The summed E-state index contributed by atoms with van der Waals surface area (Å²) < 4.78 is 0. The molecule has 2 N–H and O–H groups in total. The zero-order valence-electron chi connectivity index (χ0n) is 13.7. The molecule has 22 heavy (non-hydrogen) atoms. The lowest BCUT2D eigenvalue weighted by Gasteiger charge is -2.34. The molecule has 0 saturated carbocycles. The summed E-state index contributed by atoms with van der Waals surface area (Å²) in [4.78, 5) is 16.5. The maximum atomic E-state index is 12.2. The number of rotatable bonds is 5. The average molecular weight is 356 g/mol. The van der Waals surface area contributed by atoms with E-state index in [2.05, 4.69) is 10.2 Å². The second-order valence-corrected chi connectivity index (χ2v) is 6.46. The van der Waals surface area contributed by atoms with Crippen molar-refractivity contribution in [2.24, 2.45) is 5.92 Å². The van der Waals surface area contributed by atoms with Gasteiger partial charge in [0, 0.05) is 20.1 Å². The van der Waals surface area contributed by atoms with Gasteiger partial charge in [0.2, 0.25) is 5.91 Å². The third-order valence-electron chi connectivity index (χ3n) is 4.50. The predicted molar refractivity (Wildman–Crippen MR) is 94.0 cm³/mol. The van der Waals surface area contributed by atoms with Crippen LogP contribution in [0.2, 0.25) is 0 Å². The number of aliphatic hydroxyl groups is 1. The molecule has 0 spiro atoms. The minimum absolute atomic E-state index is 0. The van der Waals surface area contributed by atoms with Gasteiger partial charge in [0.1, 0.15) is 0 Å². The zero-order valence-corrected chi connectivity index (χ0v) is 15.3. The minimum Gasteiger partial charge on any atom is -0.392 e. The van der Waals surface area contributed by atoms with Crippen LogP contribution in [0.4, 0.5) is 0 Å². The van der Waals surface area contributed by atoms with E-state index < -0.39 is 0 Å². The summed E-state index contributed by atoms with van der Waals surface area (Å²) in [6, 6.07) is 0.0512. The quantitative estimate of drug-likeness (QED) is 0.776. The van der Waals surface area contributed by atoms with Crippen molar-refractivity contribution in [1.82, 2.24) is 15.1 Å². The molecule has 0 aromatic carbocycles. The zero-order chi connectivity index (χ0) is 14.5. The third kappa shape index (κ3) is 6.59. The fraction of sp³-hybridized carbons (Fsp3) is 0.933. The molecule has 2 aliphatic rings. The number of amides is 1. The van der Waals surface area contributed by atoms with Crippen molar-refractivity contribution in [2.75, 3.05) is 39.8 Å². The van der Waals surface area contributed by atoms with Gasteiger partial charge in [-0.05, 0) is 58.2 Å². The van der Waals surface area contributed by atoms with Crippen LogP contribution >= 0.6 is 24.8 Å². The lowest BCUT2D eigenvalue weighted by Crippen LogP contribution is -2.45. The highest BCUT2D eigenvalue weighted by Crippen LogP contribution is 2.19. The molecule has 0 aromatic heterocycles. The Morgan fingerprint density at radius 3 is 2.45 bits per heavy atom. The molecule has 5 nitrogen and oxygen atoms in total. The van der Waals surface area contributed by atoms with Crippen LogP contribution < -0.4 is 5.32 Å². The highest BCUT2D eigenvalue weighted by atomic mass is 35.5. The smallest absolute Gasteiger partial charge is 0.239 e. The number of likely N-dealkylation sites (N-methyl/N-ethyl adjacent to an activating group) is 1. The Bertz CT molecular complexity index is 318. The van der Waals surface area contributed by atoms with Crippen molar-refractivity contribution in [2.45, 2.75) is 44.8 Å². The van der Waals surface area contributed by atoms with Gasteiger partial charge in [-0.1, -0.05) is 0 Å². The number of carbonyl (C=O) groups excluding carboxylic acids is 1. The summed E-state index contributed by atoms with van der Waals surface area (Å²) >= 11 is 0. The molecule has 2 fully saturated rings. The molecule has 132 valence electrons. The number of hydrogen-bond donors (Lipinski definition) is 2. The van der Waals surface area contributed by atoms with Crippen molar-refractivity contribution in [3.63, 3.8) is 0 Å². The molecule has 0 bridgehead atoms. The number of nitrogens with zero attached hydrogens (tertiary/aromatic N) is 2. The Kier molecular flexibility index (Phi) is 10.6. The monoisotopic (exact) mass is 355 g/mol. The number of nitrogens with one attached hydrogen (secondary N) is 1. The Morgan fingerprint density at radius 1 is 1.32 bits per heavy atom. The van der Waals surface area contributed by atoms with Crippen molar-refractivity contribution >= 4 is 30.7 Å². The first-order valence-electron chi connectivity index (χ1n) is 7.95. The topological polar surface area (TPSA) is 55.8 Å². The number of piperidine rings is 1. The lowest BCUT2D eigenvalue weighted by atomic mass is 9.96. The maximum absolute atomic E-state index is 12.2. The van der Waals surface area contributed by atoms with Crippen LogP contribution in [0.3, 0.4) is 0 Å². The second kappa shape index (κ2) is 10.7. The largest absolute Gasteiger partial charge is 0.392 e. The molecule has 2 saturated heterocycles. The van der Waals surface area contributed by atoms with Gasteiger partial charge >= 0.3 is 0 Å². The van der Waals surface area contributed by atoms with Crippen LogP contribution in [0.1, 0.15) is 32.6 Å². The molecule has 2 atom stereocenters. The summed E-state index contributed by atoms with van der Waals surface area (Å²) in [5.41, 5.74) is 0. The highest BCUT2D eigenvalue weighted by Gasteiger charge is 2.27. The minimum atomic E-state index is -0.246. The van der Waals surface area contributed by atoms with E-state index in [9.17, 15) is 9.90 Å². The molecule has 0 aromatic rings. The Balaban J connectivity index is 0.00000220. The first kappa shape index (κ1) is 21.9. The van der Waals surface area contributed by atoms with Crippen molar-refractivity contribution < 1.29 is 9.90 Å². The third-order valence-corrected chi connectivity index (χ3v) is 4.50. The van der Waals surface area contributed by atoms with E-state index in [1.165, 1.54) is 0 Å². The summed E-state index contributed by atoms with van der Waals surface area (Å²) in [7, 11) is 1.94. The number of likely N-dealkylation sites (tertiary alicyclic amines) is 1. The number of halogens is 2. The number of β-amino-alcohol motifs (C(OH)–C–C–N with tert-alkyl or cyclic N) is 1. The van der Waals surface area contributed by atoms with Crippen molar-refractivity contribution in [3.8, 4) is 0 Å². The van der Waals surface area contributed by atoms with Crippen LogP contribution in [0, 0.1) is 5.92 Å². The van der Waals surface area contributed by atoms with E-state index in [1.807, 2.05) is 18.9 Å². The lowest BCUT2D eigenvalue weighted by molar-refractivity contribution is -0.132. The molecule has 2 aliphatic heterocycles. The van der Waals surface area contributed by atoms with E-state index in [0.717, 1.165) is 58.4 Å². The van der Waals surface area contributed by atoms with Crippen LogP contribution in [-0.2, 0) is 4.79 Å². The Hall–Kier alpha value is -0.0700. The Morgan fingerprint density at radius 2 is 1.95 bits per heavy atom. The first-order valence-corrected chi connectivity index (χ1v) is 7.95. The van der Waals surface area contributed by atoms with Crippen molar-refractivity contribution in [1.29, 1.82) is 0 Å². The summed E-state index contributed by atoms with van der Waals surface area (Å²) in [6.45, 7) is 6.54.